The Morgan fingerprint density at radius 3 is 2.45 bits per heavy atom. The number of halogens is 3. The van der Waals surface area contributed by atoms with Crippen LogP contribution in [0.15, 0.2) is 59.1 Å². The number of aryl methyl sites for hydroxylation is 1. The van der Waals surface area contributed by atoms with Crippen LogP contribution in [0, 0.1) is 6.92 Å². The van der Waals surface area contributed by atoms with Crippen molar-refractivity contribution in [2.45, 2.75) is 46.5 Å². The Hall–Kier alpha value is -4.19. The summed E-state index contributed by atoms with van der Waals surface area (Å²) in [4.78, 5) is 18.9. The minimum atomic E-state index is -4.76. The van der Waals surface area contributed by atoms with E-state index in [0.29, 0.717) is 24.2 Å². The fourth-order valence-electron chi connectivity index (χ4n) is 4.12. The van der Waals surface area contributed by atoms with Gasteiger partial charge in [0.1, 0.15) is 5.75 Å². The van der Waals surface area contributed by atoms with E-state index in [9.17, 15) is 18.0 Å². The van der Waals surface area contributed by atoms with Crippen LogP contribution >= 0.6 is 0 Å². The van der Waals surface area contributed by atoms with Crippen LogP contribution in [-0.4, -0.2) is 56.7 Å². The molecule has 0 aliphatic heterocycles. The van der Waals surface area contributed by atoms with Gasteiger partial charge >= 0.3 is 6.36 Å². The zero-order valence-electron chi connectivity index (χ0n) is 22.5. The molecule has 0 saturated carbocycles. The van der Waals surface area contributed by atoms with E-state index >= 15 is 0 Å². The largest absolute Gasteiger partial charge is 0.573 e. The molecule has 1 amide bonds. The van der Waals surface area contributed by atoms with E-state index < -0.39 is 6.36 Å². The lowest BCUT2D eigenvalue weighted by Gasteiger charge is -2.18. The smallest absolute Gasteiger partial charge is 0.406 e. The predicted molar refractivity (Wildman–Crippen MR) is 144 cm³/mol. The highest BCUT2D eigenvalue weighted by atomic mass is 19.4. The summed E-state index contributed by atoms with van der Waals surface area (Å²) in [5.41, 5.74) is 3.54. The van der Waals surface area contributed by atoms with Crippen LogP contribution in [0.2, 0.25) is 0 Å². The molecule has 0 unspecified atom stereocenters. The Morgan fingerprint density at radius 2 is 1.80 bits per heavy atom. The Balaban J connectivity index is 1.35. The van der Waals surface area contributed by atoms with Gasteiger partial charge in [0.15, 0.2) is 5.69 Å². The molecular weight excluding hydrogens is 525 g/mol. The number of benzene rings is 2. The van der Waals surface area contributed by atoms with E-state index in [0.717, 1.165) is 43.0 Å². The number of hydrogen-bond donors (Lipinski definition) is 1. The monoisotopic (exact) mass is 556 g/mol. The first-order valence-corrected chi connectivity index (χ1v) is 13.0. The molecule has 9 nitrogen and oxygen atoms in total. The lowest BCUT2D eigenvalue weighted by molar-refractivity contribution is -0.274. The van der Waals surface area contributed by atoms with Crippen LogP contribution in [0.3, 0.4) is 0 Å². The molecule has 0 fully saturated rings. The van der Waals surface area contributed by atoms with Crippen LogP contribution < -0.4 is 10.1 Å². The van der Waals surface area contributed by atoms with Gasteiger partial charge in [0.25, 0.3) is 5.89 Å². The molecule has 0 aliphatic carbocycles. The molecule has 1 N–H and O–H groups in total. The highest BCUT2D eigenvalue weighted by Gasteiger charge is 2.31. The lowest BCUT2D eigenvalue weighted by atomic mass is 10.2. The fraction of sp³-hybridized carbons (Fsp3) is 0.357. The van der Waals surface area contributed by atoms with Crippen molar-refractivity contribution in [1.82, 2.24) is 24.8 Å². The number of carbonyl (C=O) groups is 1. The molecule has 0 aliphatic rings. The van der Waals surface area contributed by atoms with Gasteiger partial charge in [-0.2, -0.15) is 10.1 Å². The standard InChI is InChI=1S/C28H31F3N6O3/c1-4-15-36(5-2)16-14-25(38)32-22-10-6-20(7-11-22)18-37-19(3)17-24(34-37)27-33-26(35-40-27)21-8-12-23(13-9-21)39-28(29,30)31/h6-13,17H,4-5,14-16,18H2,1-3H3,(H,32,38). The second-order valence-electron chi connectivity index (χ2n) is 9.25. The van der Waals surface area contributed by atoms with Gasteiger partial charge in [-0.1, -0.05) is 31.1 Å². The summed E-state index contributed by atoms with van der Waals surface area (Å²) in [6.45, 7) is 9.26. The fourth-order valence-corrected chi connectivity index (χ4v) is 4.12. The summed E-state index contributed by atoms with van der Waals surface area (Å²) in [6, 6.07) is 14.6. The maximum atomic E-state index is 12.4. The molecule has 40 heavy (non-hydrogen) atoms. The van der Waals surface area contributed by atoms with Crippen molar-refractivity contribution in [1.29, 1.82) is 0 Å². The number of amides is 1. The third kappa shape index (κ3) is 7.92. The number of hydrogen-bond acceptors (Lipinski definition) is 7. The molecule has 0 spiro atoms. The minimum absolute atomic E-state index is 0.0145. The molecule has 2 heterocycles. The zero-order chi connectivity index (χ0) is 28.7. The van der Waals surface area contributed by atoms with Gasteiger partial charge in [0.2, 0.25) is 11.7 Å². The van der Waals surface area contributed by atoms with E-state index in [4.69, 9.17) is 4.52 Å². The Kier molecular flexibility index (Phi) is 9.20. The maximum Gasteiger partial charge on any atom is 0.573 e. The first-order valence-electron chi connectivity index (χ1n) is 13.0. The van der Waals surface area contributed by atoms with Crippen LogP contribution in [0.1, 0.15) is 37.9 Å². The quantitative estimate of drug-likeness (QED) is 0.231. The number of ether oxygens (including phenoxy) is 1. The topological polar surface area (TPSA) is 98.3 Å². The van der Waals surface area contributed by atoms with Gasteiger partial charge in [-0.05, 0) is 74.5 Å². The van der Waals surface area contributed by atoms with E-state index in [1.807, 2.05) is 37.3 Å². The molecule has 0 radical (unpaired) electrons. The number of alkyl halides is 3. The minimum Gasteiger partial charge on any atom is -0.406 e. The summed E-state index contributed by atoms with van der Waals surface area (Å²) in [7, 11) is 0. The van der Waals surface area contributed by atoms with Crippen molar-refractivity contribution >= 4 is 11.6 Å². The van der Waals surface area contributed by atoms with Crippen molar-refractivity contribution in [2.75, 3.05) is 25.0 Å². The first-order chi connectivity index (χ1) is 19.1. The van der Waals surface area contributed by atoms with E-state index in [2.05, 4.69) is 44.0 Å². The highest BCUT2D eigenvalue weighted by molar-refractivity contribution is 5.90. The summed E-state index contributed by atoms with van der Waals surface area (Å²) in [6.07, 6.45) is -3.26. The summed E-state index contributed by atoms with van der Waals surface area (Å²) in [5, 5.41) is 11.4. The average Bonchev–Trinajstić information content (AvgIpc) is 3.54. The van der Waals surface area contributed by atoms with Crippen molar-refractivity contribution in [3.63, 3.8) is 0 Å². The van der Waals surface area contributed by atoms with Gasteiger partial charge in [-0.15, -0.1) is 13.2 Å². The van der Waals surface area contributed by atoms with Gasteiger partial charge in [0, 0.05) is 29.9 Å². The van der Waals surface area contributed by atoms with E-state index in [-0.39, 0.29) is 23.4 Å². The second kappa shape index (κ2) is 12.8. The molecule has 2 aromatic heterocycles. The van der Waals surface area contributed by atoms with Crippen LogP contribution in [-0.2, 0) is 11.3 Å². The third-order valence-electron chi connectivity index (χ3n) is 6.18. The molecule has 4 rings (SSSR count). The van der Waals surface area contributed by atoms with E-state index in [1.54, 1.807) is 4.68 Å². The van der Waals surface area contributed by atoms with Gasteiger partial charge in [0.05, 0.1) is 6.54 Å². The van der Waals surface area contributed by atoms with Gasteiger partial charge in [-0.3, -0.25) is 9.48 Å². The Morgan fingerprint density at radius 1 is 1.07 bits per heavy atom. The molecule has 2 aromatic carbocycles. The van der Waals surface area contributed by atoms with Crippen LogP contribution in [0.4, 0.5) is 18.9 Å². The molecule has 212 valence electrons. The second-order valence-corrected chi connectivity index (χ2v) is 9.25. The summed E-state index contributed by atoms with van der Waals surface area (Å²) >= 11 is 0. The number of anilines is 1. The molecule has 0 saturated heterocycles. The molecule has 0 atom stereocenters. The van der Waals surface area contributed by atoms with Crippen molar-refractivity contribution in [3.8, 4) is 28.7 Å². The van der Waals surface area contributed by atoms with E-state index in [1.165, 1.54) is 24.3 Å². The average molecular weight is 557 g/mol. The lowest BCUT2D eigenvalue weighted by Crippen LogP contribution is -2.28. The van der Waals surface area contributed by atoms with Gasteiger partial charge in [-0.25, -0.2) is 0 Å². The predicted octanol–water partition coefficient (Wildman–Crippen LogP) is 5.92. The Bertz CT molecular complexity index is 1400. The van der Waals surface area contributed by atoms with Crippen LogP contribution in [0.5, 0.6) is 5.75 Å². The Labute approximate surface area is 229 Å². The third-order valence-corrected chi connectivity index (χ3v) is 6.18. The van der Waals surface area contributed by atoms with Crippen molar-refractivity contribution < 1.29 is 27.2 Å². The summed E-state index contributed by atoms with van der Waals surface area (Å²) < 4.78 is 48.2. The number of aromatic nitrogens is 4. The number of nitrogens with zero attached hydrogens (tertiary/aromatic N) is 5. The molecule has 4 aromatic rings. The number of rotatable bonds is 12. The van der Waals surface area contributed by atoms with Crippen molar-refractivity contribution in [3.05, 3.63) is 65.9 Å². The summed E-state index contributed by atoms with van der Waals surface area (Å²) in [5.74, 6) is 0.0483. The number of nitrogens with one attached hydrogen (secondary N) is 1. The maximum absolute atomic E-state index is 12.4. The molecule has 12 heteroatoms. The molecular formula is C28H31F3N6O3. The number of carbonyl (C=O) groups excluding carboxylic acids is 1. The highest BCUT2D eigenvalue weighted by Crippen LogP contribution is 2.27. The first kappa shape index (κ1) is 28.8. The zero-order valence-corrected chi connectivity index (χ0v) is 22.5. The van der Waals surface area contributed by atoms with Crippen LogP contribution in [0.25, 0.3) is 23.0 Å². The van der Waals surface area contributed by atoms with Gasteiger partial charge < -0.3 is 19.5 Å². The normalized spacial score (nSPS) is 11.7. The molecule has 0 bridgehead atoms. The SMILES string of the molecule is CCCN(CC)CCC(=O)Nc1ccc(Cn2nc(-c3nc(-c4ccc(OC(F)(F)F)cc4)no3)cc2C)cc1. The van der Waals surface area contributed by atoms with Crippen molar-refractivity contribution in [2.24, 2.45) is 0 Å².